The molecule has 0 fully saturated rings. The van der Waals surface area contributed by atoms with E-state index < -0.39 is 5.41 Å². The van der Waals surface area contributed by atoms with Crippen LogP contribution in [0.5, 0.6) is 0 Å². The molecule has 0 aromatic rings. The van der Waals surface area contributed by atoms with E-state index in [1.165, 1.54) is 13.0 Å². The minimum absolute atomic E-state index is 0.0219. The standard InChI is InChI=1S/C18H26O3/c1-13(6-5-7-15(3)20)8-9-17-14(2)10-16(21)11-18(17,4)12-19/h5-9,16,19,21H,10-12H2,1-4H3/b7-5+,9-8+,13-6+/t16?,18-/m1/s1. The molecular weight excluding hydrogens is 264 g/mol. The van der Waals surface area contributed by atoms with Crippen LogP contribution in [0.2, 0.25) is 0 Å². The van der Waals surface area contributed by atoms with Crippen LogP contribution < -0.4 is 0 Å². The quantitative estimate of drug-likeness (QED) is 0.604. The van der Waals surface area contributed by atoms with Crippen molar-refractivity contribution in [2.24, 2.45) is 5.41 Å². The average molecular weight is 290 g/mol. The molecule has 21 heavy (non-hydrogen) atoms. The molecule has 2 N–H and O–H groups in total. The normalized spacial score (nSPS) is 27.9. The Morgan fingerprint density at radius 3 is 2.62 bits per heavy atom. The second-order valence-corrected chi connectivity index (χ2v) is 6.19. The molecule has 0 aliphatic heterocycles. The Balaban J connectivity index is 2.95. The Morgan fingerprint density at radius 1 is 1.38 bits per heavy atom. The number of carbonyl (C=O) groups is 1. The topological polar surface area (TPSA) is 57.5 Å². The predicted octanol–water partition coefficient (Wildman–Crippen LogP) is 3.10. The van der Waals surface area contributed by atoms with Crippen molar-refractivity contribution >= 4 is 5.78 Å². The summed E-state index contributed by atoms with van der Waals surface area (Å²) in [6, 6.07) is 0. The van der Waals surface area contributed by atoms with Crippen molar-refractivity contribution in [2.45, 2.75) is 46.6 Å². The van der Waals surface area contributed by atoms with Crippen LogP contribution in [0.3, 0.4) is 0 Å². The van der Waals surface area contributed by atoms with E-state index in [1.54, 1.807) is 6.08 Å². The summed E-state index contributed by atoms with van der Waals surface area (Å²) in [5.74, 6) is 0.0238. The van der Waals surface area contributed by atoms with Crippen molar-refractivity contribution in [3.8, 4) is 0 Å². The van der Waals surface area contributed by atoms with Crippen LogP contribution in [0.4, 0.5) is 0 Å². The van der Waals surface area contributed by atoms with Crippen LogP contribution in [0.15, 0.2) is 47.1 Å². The Hall–Kier alpha value is -1.45. The molecule has 1 rings (SSSR count). The number of aliphatic hydroxyl groups is 2. The van der Waals surface area contributed by atoms with Crippen molar-refractivity contribution < 1.29 is 15.0 Å². The smallest absolute Gasteiger partial charge is 0.152 e. The Bertz CT molecular complexity index is 509. The molecule has 0 aromatic carbocycles. The van der Waals surface area contributed by atoms with Gasteiger partial charge in [0.05, 0.1) is 12.7 Å². The molecule has 0 saturated carbocycles. The van der Waals surface area contributed by atoms with Crippen LogP contribution in [0, 0.1) is 5.41 Å². The van der Waals surface area contributed by atoms with Gasteiger partial charge in [0.25, 0.3) is 0 Å². The lowest BCUT2D eigenvalue weighted by Crippen LogP contribution is -2.33. The first kappa shape index (κ1) is 17.6. The van der Waals surface area contributed by atoms with Crippen molar-refractivity contribution in [1.29, 1.82) is 0 Å². The van der Waals surface area contributed by atoms with E-state index >= 15 is 0 Å². The third-order valence-electron chi connectivity index (χ3n) is 3.89. The maximum absolute atomic E-state index is 10.8. The highest BCUT2D eigenvalue weighted by molar-refractivity contribution is 5.87. The fourth-order valence-corrected chi connectivity index (χ4v) is 2.78. The molecule has 2 atom stereocenters. The van der Waals surface area contributed by atoms with E-state index in [9.17, 15) is 15.0 Å². The average Bonchev–Trinajstić information content (AvgIpc) is 2.37. The van der Waals surface area contributed by atoms with Gasteiger partial charge in [-0.1, -0.05) is 42.4 Å². The lowest BCUT2D eigenvalue weighted by Gasteiger charge is -2.37. The van der Waals surface area contributed by atoms with E-state index in [1.807, 2.05) is 39.0 Å². The van der Waals surface area contributed by atoms with Gasteiger partial charge in [0.2, 0.25) is 0 Å². The zero-order valence-electron chi connectivity index (χ0n) is 13.4. The highest BCUT2D eigenvalue weighted by Crippen LogP contribution is 2.41. The van der Waals surface area contributed by atoms with Crippen LogP contribution in [-0.4, -0.2) is 28.7 Å². The molecule has 1 unspecified atom stereocenters. The SMILES string of the molecule is CC(=O)/C=C/C=C(C)/C=C/C1=C(C)CC(O)C[C@]1(C)CO. The number of allylic oxidation sites excluding steroid dienone is 6. The summed E-state index contributed by atoms with van der Waals surface area (Å²) in [4.78, 5) is 10.8. The third-order valence-corrected chi connectivity index (χ3v) is 3.89. The second-order valence-electron chi connectivity index (χ2n) is 6.19. The van der Waals surface area contributed by atoms with Crippen molar-refractivity contribution in [3.63, 3.8) is 0 Å². The zero-order valence-corrected chi connectivity index (χ0v) is 13.4. The van der Waals surface area contributed by atoms with E-state index in [0.29, 0.717) is 12.8 Å². The largest absolute Gasteiger partial charge is 0.395 e. The Morgan fingerprint density at radius 2 is 2.05 bits per heavy atom. The highest BCUT2D eigenvalue weighted by Gasteiger charge is 2.35. The maximum atomic E-state index is 10.8. The van der Waals surface area contributed by atoms with Crippen molar-refractivity contribution in [3.05, 3.63) is 47.1 Å². The molecule has 116 valence electrons. The molecule has 0 aromatic heterocycles. The van der Waals surface area contributed by atoms with Gasteiger partial charge in [-0.15, -0.1) is 0 Å². The van der Waals surface area contributed by atoms with E-state index in [2.05, 4.69) is 0 Å². The van der Waals surface area contributed by atoms with E-state index in [4.69, 9.17) is 0 Å². The fraction of sp³-hybridized carbons (Fsp3) is 0.500. The molecule has 1 aliphatic rings. The molecule has 1 aliphatic carbocycles. The Labute approximate surface area is 127 Å². The van der Waals surface area contributed by atoms with Crippen LogP contribution in [-0.2, 0) is 4.79 Å². The second kappa shape index (κ2) is 7.53. The summed E-state index contributed by atoms with van der Waals surface area (Å²) in [5.41, 5.74) is 2.85. The summed E-state index contributed by atoms with van der Waals surface area (Å²) in [5, 5.41) is 19.6. The molecule has 0 amide bonds. The number of rotatable bonds is 5. The first-order chi connectivity index (χ1) is 9.78. The lowest BCUT2D eigenvalue weighted by molar-refractivity contribution is -0.112. The van der Waals surface area contributed by atoms with Gasteiger partial charge in [-0.2, -0.15) is 0 Å². The molecule has 3 heteroatoms. The summed E-state index contributed by atoms with van der Waals surface area (Å²) >= 11 is 0. The van der Waals surface area contributed by atoms with Crippen LogP contribution in [0.1, 0.15) is 40.5 Å². The Kier molecular flexibility index (Phi) is 6.31. The molecular formula is C18H26O3. The minimum Gasteiger partial charge on any atom is -0.395 e. The zero-order chi connectivity index (χ0) is 16.0. The molecule has 0 radical (unpaired) electrons. The first-order valence-electron chi connectivity index (χ1n) is 7.31. The number of carbonyl (C=O) groups excluding carboxylic acids is 1. The van der Waals surface area contributed by atoms with E-state index in [-0.39, 0.29) is 18.5 Å². The van der Waals surface area contributed by atoms with Crippen molar-refractivity contribution in [2.75, 3.05) is 6.61 Å². The van der Waals surface area contributed by atoms with Gasteiger partial charge in [0, 0.05) is 5.41 Å². The minimum atomic E-state index is -0.395. The number of ketones is 1. The molecule has 0 heterocycles. The van der Waals surface area contributed by atoms with Crippen LogP contribution in [0.25, 0.3) is 0 Å². The number of hydrogen-bond donors (Lipinski definition) is 2. The van der Waals surface area contributed by atoms with Gasteiger partial charge in [0.15, 0.2) is 5.78 Å². The third kappa shape index (κ3) is 5.10. The first-order valence-corrected chi connectivity index (χ1v) is 7.31. The van der Waals surface area contributed by atoms with Crippen molar-refractivity contribution in [1.82, 2.24) is 0 Å². The van der Waals surface area contributed by atoms with E-state index in [0.717, 1.165) is 16.7 Å². The fourth-order valence-electron chi connectivity index (χ4n) is 2.78. The van der Waals surface area contributed by atoms with Gasteiger partial charge in [-0.25, -0.2) is 0 Å². The molecule has 0 spiro atoms. The van der Waals surface area contributed by atoms with Gasteiger partial charge >= 0.3 is 0 Å². The highest BCUT2D eigenvalue weighted by atomic mass is 16.3. The van der Waals surface area contributed by atoms with Gasteiger partial charge in [-0.05, 0) is 45.3 Å². The molecule has 0 bridgehead atoms. The van der Waals surface area contributed by atoms with Gasteiger partial charge in [0.1, 0.15) is 0 Å². The summed E-state index contributed by atoms with van der Waals surface area (Å²) in [7, 11) is 0. The summed E-state index contributed by atoms with van der Waals surface area (Å²) in [6.07, 6.45) is 9.99. The van der Waals surface area contributed by atoms with Crippen LogP contribution >= 0.6 is 0 Å². The lowest BCUT2D eigenvalue weighted by atomic mass is 9.70. The molecule has 0 saturated heterocycles. The number of aliphatic hydroxyl groups excluding tert-OH is 2. The van der Waals surface area contributed by atoms with Gasteiger partial charge < -0.3 is 10.2 Å². The maximum Gasteiger partial charge on any atom is 0.152 e. The predicted molar refractivity (Wildman–Crippen MR) is 85.9 cm³/mol. The molecule has 3 nitrogen and oxygen atoms in total. The number of hydrogen-bond acceptors (Lipinski definition) is 3. The monoisotopic (exact) mass is 290 g/mol. The van der Waals surface area contributed by atoms with Gasteiger partial charge in [-0.3, -0.25) is 4.79 Å². The summed E-state index contributed by atoms with van der Waals surface area (Å²) < 4.78 is 0. The summed E-state index contributed by atoms with van der Waals surface area (Å²) in [6.45, 7) is 7.49.